The summed E-state index contributed by atoms with van der Waals surface area (Å²) in [5.41, 5.74) is 3.01. The third kappa shape index (κ3) is 2.61. The average Bonchev–Trinajstić information content (AvgIpc) is 2.75. The van der Waals surface area contributed by atoms with Crippen molar-refractivity contribution in [2.24, 2.45) is 0 Å². The third-order valence-electron chi connectivity index (χ3n) is 2.80. The maximum Gasteiger partial charge on any atom is 0.188 e. The Morgan fingerprint density at radius 2 is 2.11 bits per heavy atom. The van der Waals surface area contributed by atoms with Gasteiger partial charge in [0.05, 0.1) is 20.9 Å². The summed E-state index contributed by atoms with van der Waals surface area (Å²) in [5, 5.41) is 4.87. The molecule has 0 bridgehead atoms. The summed E-state index contributed by atoms with van der Waals surface area (Å²) in [6.07, 6.45) is 0. The Kier molecular flexibility index (Phi) is 3.48. The van der Waals surface area contributed by atoms with Crippen LogP contribution in [0.1, 0.15) is 5.56 Å². The molecule has 0 unspecified atom stereocenters. The highest BCUT2D eigenvalue weighted by Gasteiger charge is 2.08. The molecule has 0 saturated carbocycles. The Morgan fingerprint density at radius 1 is 1.26 bits per heavy atom. The SMILES string of the molecule is Cc1cccc(Cl)c1Nc1nc2ccc(Br)cc2s1. The fraction of sp³-hybridized carbons (Fsp3) is 0.0714. The molecule has 0 aliphatic carbocycles. The second kappa shape index (κ2) is 5.12. The van der Waals surface area contributed by atoms with Crippen molar-refractivity contribution in [1.29, 1.82) is 0 Å². The number of halogens is 2. The number of nitrogens with one attached hydrogen (secondary N) is 1. The zero-order valence-electron chi connectivity index (χ0n) is 10.1. The van der Waals surface area contributed by atoms with Crippen molar-refractivity contribution in [3.63, 3.8) is 0 Å². The molecular weight excluding hydrogens is 344 g/mol. The van der Waals surface area contributed by atoms with Crippen LogP contribution < -0.4 is 5.32 Å². The van der Waals surface area contributed by atoms with Crippen LogP contribution in [0.4, 0.5) is 10.8 Å². The first kappa shape index (κ1) is 12.9. The molecule has 3 rings (SSSR count). The predicted octanol–water partition coefficient (Wildman–Crippen LogP) is 5.76. The van der Waals surface area contributed by atoms with Gasteiger partial charge in [0, 0.05) is 4.47 Å². The van der Waals surface area contributed by atoms with Gasteiger partial charge in [-0.15, -0.1) is 0 Å². The number of para-hydroxylation sites is 1. The first-order valence-corrected chi connectivity index (χ1v) is 7.70. The van der Waals surface area contributed by atoms with Crippen molar-refractivity contribution in [1.82, 2.24) is 4.98 Å². The Balaban J connectivity index is 2.01. The maximum atomic E-state index is 6.21. The normalized spacial score (nSPS) is 10.9. The van der Waals surface area contributed by atoms with E-state index in [1.807, 2.05) is 37.3 Å². The molecule has 5 heteroatoms. The molecule has 0 amide bonds. The summed E-state index contributed by atoms with van der Waals surface area (Å²) in [4.78, 5) is 4.56. The summed E-state index contributed by atoms with van der Waals surface area (Å²) >= 11 is 11.3. The fourth-order valence-corrected chi connectivity index (χ4v) is 3.54. The van der Waals surface area contributed by atoms with Crippen LogP contribution in [0.3, 0.4) is 0 Å². The van der Waals surface area contributed by atoms with Crippen LogP contribution in [0.15, 0.2) is 40.9 Å². The summed E-state index contributed by atoms with van der Waals surface area (Å²) in [5.74, 6) is 0. The average molecular weight is 354 g/mol. The molecule has 0 aliphatic rings. The number of thiazole rings is 1. The number of rotatable bonds is 2. The van der Waals surface area contributed by atoms with E-state index in [4.69, 9.17) is 11.6 Å². The summed E-state index contributed by atoms with van der Waals surface area (Å²) in [6.45, 7) is 2.03. The topological polar surface area (TPSA) is 24.9 Å². The van der Waals surface area contributed by atoms with Gasteiger partial charge < -0.3 is 5.32 Å². The van der Waals surface area contributed by atoms with E-state index in [1.165, 1.54) is 0 Å². The Bertz CT molecular complexity index is 734. The Morgan fingerprint density at radius 3 is 2.89 bits per heavy atom. The molecule has 0 spiro atoms. The molecule has 0 fully saturated rings. The van der Waals surface area contributed by atoms with E-state index in [9.17, 15) is 0 Å². The number of nitrogens with zero attached hydrogens (tertiary/aromatic N) is 1. The predicted molar refractivity (Wildman–Crippen MR) is 86.8 cm³/mol. The molecule has 1 heterocycles. The van der Waals surface area contributed by atoms with Gasteiger partial charge in [-0.05, 0) is 36.8 Å². The maximum absolute atomic E-state index is 6.21. The van der Waals surface area contributed by atoms with Gasteiger partial charge in [-0.1, -0.05) is 51.0 Å². The second-order valence-corrected chi connectivity index (χ2v) is 6.54. The van der Waals surface area contributed by atoms with E-state index < -0.39 is 0 Å². The van der Waals surface area contributed by atoms with Gasteiger partial charge in [-0.3, -0.25) is 0 Å². The number of aromatic nitrogens is 1. The number of hydrogen-bond acceptors (Lipinski definition) is 3. The van der Waals surface area contributed by atoms with Crippen molar-refractivity contribution >= 4 is 59.9 Å². The van der Waals surface area contributed by atoms with Gasteiger partial charge in [-0.25, -0.2) is 4.98 Å². The molecule has 0 atom stereocenters. The summed E-state index contributed by atoms with van der Waals surface area (Å²) in [6, 6.07) is 11.9. The van der Waals surface area contributed by atoms with E-state index in [-0.39, 0.29) is 0 Å². The van der Waals surface area contributed by atoms with Crippen LogP contribution in [0.25, 0.3) is 10.2 Å². The number of aryl methyl sites for hydroxylation is 1. The first-order valence-electron chi connectivity index (χ1n) is 5.72. The minimum absolute atomic E-state index is 0.709. The molecule has 2 nitrogen and oxygen atoms in total. The monoisotopic (exact) mass is 352 g/mol. The van der Waals surface area contributed by atoms with Gasteiger partial charge in [0.15, 0.2) is 5.13 Å². The van der Waals surface area contributed by atoms with Crippen LogP contribution in [0.5, 0.6) is 0 Å². The highest BCUT2D eigenvalue weighted by molar-refractivity contribution is 9.10. The second-order valence-electron chi connectivity index (χ2n) is 4.19. The van der Waals surface area contributed by atoms with E-state index in [0.29, 0.717) is 5.02 Å². The Hall–Kier alpha value is -1.10. The highest BCUT2D eigenvalue weighted by atomic mass is 79.9. The van der Waals surface area contributed by atoms with Gasteiger partial charge in [-0.2, -0.15) is 0 Å². The molecule has 1 aromatic heterocycles. The highest BCUT2D eigenvalue weighted by Crippen LogP contribution is 2.33. The van der Waals surface area contributed by atoms with Crippen LogP contribution in [0, 0.1) is 6.92 Å². The molecule has 0 aliphatic heterocycles. The van der Waals surface area contributed by atoms with E-state index in [1.54, 1.807) is 11.3 Å². The fourth-order valence-electron chi connectivity index (χ4n) is 1.85. The number of fused-ring (bicyclic) bond motifs is 1. The van der Waals surface area contributed by atoms with Gasteiger partial charge in [0.25, 0.3) is 0 Å². The lowest BCUT2D eigenvalue weighted by atomic mass is 10.2. The number of anilines is 2. The standard InChI is InChI=1S/C14H10BrClN2S/c1-8-3-2-4-10(16)13(8)18-14-17-11-6-5-9(15)7-12(11)19-14/h2-7H,1H3,(H,17,18). The lowest BCUT2D eigenvalue weighted by molar-refractivity contribution is 1.39. The smallest absolute Gasteiger partial charge is 0.188 e. The van der Waals surface area contributed by atoms with E-state index in [0.717, 1.165) is 31.1 Å². The third-order valence-corrected chi connectivity index (χ3v) is 4.55. The Labute approximate surface area is 128 Å². The van der Waals surface area contributed by atoms with Gasteiger partial charge in [0.2, 0.25) is 0 Å². The molecule has 96 valence electrons. The lowest BCUT2D eigenvalue weighted by Gasteiger charge is -2.08. The number of benzene rings is 2. The molecule has 19 heavy (non-hydrogen) atoms. The molecule has 0 saturated heterocycles. The largest absolute Gasteiger partial charge is 0.330 e. The van der Waals surface area contributed by atoms with Crippen molar-refractivity contribution in [2.75, 3.05) is 5.32 Å². The van der Waals surface area contributed by atoms with Crippen LogP contribution >= 0.6 is 38.9 Å². The van der Waals surface area contributed by atoms with Crippen molar-refractivity contribution < 1.29 is 0 Å². The van der Waals surface area contributed by atoms with Crippen molar-refractivity contribution in [3.05, 3.63) is 51.5 Å². The zero-order valence-corrected chi connectivity index (χ0v) is 13.2. The molecule has 2 aromatic carbocycles. The zero-order chi connectivity index (χ0) is 13.4. The van der Waals surface area contributed by atoms with Crippen LogP contribution in [-0.2, 0) is 0 Å². The lowest BCUT2D eigenvalue weighted by Crippen LogP contribution is -1.93. The van der Waals surface area contributed by atoms with Gasteiger partial charge >= 0.3 is 0 Å². The minimum atomic E-state index is 0.709. The quantitative estimate of drug-likeness (QED) is 0.633. The van der Waals surface area contributed by atoms with E-state index in [2.05, 4.69) is 32.3 Å². The summed E-state index contributed by atoms with van der Waals surface area (Å²) < 4.78 is 2.20. The summed E-state index contributed by atoms with van der Waals surface area (Å²) in [7, 11) is 0. The van der Waals surface area contributed by atoms with Crippen molar-refractivity contribution in [3.8, 4) is 0 Å². The molecule has 0 radical (unpaired) electrons. The molecule has 1 N–H and O–H groups in total. The molecule has 3 aromatic rings. The van der Waals surface area contributed by atoms with Crippen molar-refractivity contribution in [2.45, 2.75) is 6.92 Å². The first-order chi connectivity index (χ1) is 9.13. The van der Waals surface area contributed by atoms with Crippen LogP contribution in [-0.4, -0.2) is 4.98 Å². The molecular formula is C14H10BrClN2S. The van der Waals surface area contributed by atoms with Gasteiger partial charge in [0.1, 0.15) is 0 Å². The minimum Gasteiger partial charge on any atom is -0.330 e. The van der Waals surface area contributed by atoms with Crippen LogP contribution in [0.2, 0.25) is 5.02 Å². The number of hydrogen-bond donors (Lipinski definition) is 1. The van der Waals surface area contributed by atoms with E-state index >= 15 is 0 Å².